The number of nitrogens with one attached hydrogen (secondary N) is 3. The number of amides is 1. The van der Waals surface area contributed by atoms with Crippen LogP contribution in [0, 0.1) is 6.92 Å². The minimum atomic E-state index is -0.140. The first-order valence-corrected chi connectivity index (χ1v) is 11.1. The Morgan fingerprint density at radius 3 is 2.10 bits per heavy atom. The maximum absolute atomic E-state index is 13.2. The highest BCUT2D eigenvalue weighted by molar-refractivity contribution is 5.80. The predicted octanol–water partition coefficient (Wildman–Crippen LogP) is 0.561. The normalized spacial score (nSPS) is 19.8. The summed E-state index contributed by atoms with van der Waals surface area (Å²) in [6.07, 6.45) is 0. The van der Waals surface area contributed by atoms with Crippen molar-refractivity contribution in [2.45, 2.75) is 32.5 Å². The third-order valence-corrected chi connectivity index (χ3v) is 6.27. The highest BCUT2D eigenvalue weighted by Crippen LogP contribution is 2.21. The van der Waals surface area contributed by atoms with E-state index in [9.17, 15) is 4.79 Å². The zero-order valence-electron chi connectivity index (χ0n) is 18.3. The fraction of sp³-hybridized carbons (Fsp3) is 0.360. The molecule has 1 saturated heterocycles. The molecule has 2 aromatic carbocycles. The minimum absolute atomic E-state index is 0.0919. The molecule has 1 amide bonds. The quantitative estimate of drug-likeness (QED) is 0.524. The van der Waals surface area contributed by atoms with Crippen LogP contribution in [0.2, 0.25) is 0 Å². The topological polar surface area (TPSA) is 64.0 Å². The van der Waals surface area contributed by atoms with Crippen molar-refractivity contribution in [3.05, 3.63) is 89.3 Å². The molecule has 1 aliphatic heterocycles. The summed E-state index contributed by atoms with van der Waals surface area (Å²) < 4.78 is 5.19. The molecular formula is C25H32N4O2+2. The first-order chi connectivity index (χ1) is 15.1. The fourth-order valence-electron chi connectivity index (χ4n) is 4.39. The van der Waals surface area contributed by atoms with Crippen LogP contribution in [0.1, 0.15) is 35.5 Å². The first kappa shape index (κ1) is 21.3. The molecule has 1 fully saturated rings. The van der Waals surface area contributed by atoms with Crippen molar-refractivity contribution >= 4 is 5.91 Å². The van der Waals surface area contributed by atoms with Gasteiger partial charge in [0.2, 0.25) is 0 Å². The zero-order valence-corrected chi connectivity index (χ0v) is 18.3. The van der Waals surface area contributed by atoms with Crippen LogP contribution >= 0.6 is 0 Å². The SMILES string of the molecule is Cc1cc(C[NH+]2CC[NH+]([C@H](C)C(=O)NC(c3ccccc3)c3ccccc3)CC2)no1. The van der Waals surface area contributed by atoms with Gasteiger partial charge in [-0.3, -0.25) is 4.79 Å². The van der Waals surface area contributed by atoms with Crippen molar-refractivity contribution in [1.82, 2.24) is 10.5 Å². The lowest BCUT2D eigenvalue weighted by molar-refractivity contribution is -1.02. The lowest BCUT2D eigenvalue weighted by atomic mass is 9.98. The van der Waals surface area contributed by atoms with Gasteiger partial charge in [0.15, 0.2) is 6.04 Å². The summed E-state index contributed by atoms with van der Waals surface area (Å²) in [6.45, 7) is 8.86. The molecule has 31 heavy (non-hydrogen) atoms. The van der Waals surface area contributed by atoms with Crippen LogP contribution in [-0.2, 0) is 11.3 Å². The summed E-state index contributed by atoms with van der Waals surface area (Å²) in [6, 6.07) is 22.1. The molecular weight excluding hydrogens is 388 g/mol. The van der Waals surface area contributed by atoms with E-state index in [0.29, 0.717) is 0 Å². The highest BCUT2D eigenvalue weighted by atomic mass is 16.5. The van der Waals surface area contributed by atoms with E-state index in [1.54, 1.807) is 0 Å². The number of piperazine rings is 1. The summed E-state index contributed by atoms with van der Waals surface area (Å²) in [7, 11) is 0. The number of rotatable bonds is 7. The van der Waals surface area contributed by atoms with Crippen molar-refractivity contribution in [3.8, 4) is 0 Å². The molecule has 6 nitrogen and oxygen atoms in total. The van der Waals surface area contributed by atoms with Gasteiger partial charge >= 0.3 is 0 Å². The van der Waals surface area contributed by atoms with Crippen LogP contribution in [0.4, 0.5) is 0 Å². The number of nitrogens with zero attached hydrogens (tertiary/aromatic N) is 1. The molecule has 162 valence electrons. The van der Waals surface area contributed by atoms with Crippen LogP contribution in [0.15, 0.2) is 71.3 Å². The molecule has 0 spiro atoms. The highest BCUT2D eigenvalue weighted by Gasteiger charge is 2.32. The summed E-state index contributed by atoms with van der Waals surface area (Å²) in [4.78, 5) is 16.1. The lowest BCUT2D eigenvalue weighted by Crippen LogP contribution is -3.29. The largest absolute Gasteiger partial charge is 0.361 e. The van der Waals surface area contributed by atoms with E-state index in [1.807, 2.05) is 56.3 Å². The van der Waals surface area contributed by atoms with Crippen LogP contribution < -0.4 is 15.1 Å². The van der Waals surface area contributed by atoms with E-state index in [4.69, 9.17) is 4.52 Å². The van der Waals surface area contributed by atoms with Crippen LogP contribution in [-0.4, -0.2) is 43.3 Å². The monoisotopic (exact) mass is 420 g/mol. The van der Waals surface area contributed by atoms with E-state index in [2.05, 4.69) is 34.7 Å². The molecule has 3 N–H and O–H groups in total. The summed E-state index contributed by atoms with van der Waals surface area (Å²) >= 11 is 0. The molecule has 6 heteroatoms. The molecule has 0 radical (unpaired) electrons. The van der Waals surface area contributed by atoms with Gasteiger partial charge in [0.25, 0.3) is 5.91 Å². The number of hydrogen-bond donors (Lipinski definition) is 3. The van der Waals surface area contributed by atoms with Gasteiger partial charge in [0.05, 0.1) is 6.04 Å². The Labute approximate surface area is 183 Å². The second-order valence-electron chi connectivity index (χ2n) is 8.50. The van der Waals surface area contributed by atoms with Crippen LogP contribution in [0.5, 0.6) is 0 Å². The maximum atomic E-state index is 13.2. The zero-order chi connectivity index (χ0) is 21.6. The molecule has 0 saturated carbocycles. The summed E-state index contributed by atoms with van der Waals surface area (Å²) in [5.41, 5.74) is 3.21. The smallest absolute Gasteiger partial charge is 0.278 e. The fourth-order valence-corrected chi connectivity index (χ4v) is 4.39. The van der Waals surface area contributed by atoms with Gasteiger partial charge in [-0.2, -0.15) is 0 Å². The Hall–Kier alpha value is -2.96. The summed E-state index contributed by atoms with van der Waals surface area (Å²) in [5.74, 6) is 0.957. The van der Waals surface area contributed by atoms with Crippen molar-refractivity contribution in [2.24, 2.45) is 0 Å². The first-order valence-electron chi connectivity index (χ1n) is 11.1. The van der Waals surface area contributed by atoms with Gasteiger partial charge in [-0.25, -0.2) is 0 Å². The Morgan fingerprint density at radius 1 is 1.00 bits per heavy atom. The summed E-state index contributed by atoms with van der Waals surface area (Å²) in [5, 5.41) is 7.43. The van der Waals surface area contributed by atoms with Gasteiger partial charge in [0, 0.05) is 6.07 Å². The Balaban J connectivity index is 1.37. The maximum Gasteiger partial charge on any atom is 0.278 e. The van der Waals surface area contributed by atoms with Gasteiger partial charge in [-0.1, -0.05) is 65.8 Å². The van der Waals surface area contributed by atoms with Crippen molar-refractivity contribution in [3.63, 3.8) is 0 Å². The minimum Gasteiger partial charge on any atom is -0.361 e. The molecule has 0 bridgehead atoms. The van der Waals surface area contributed by atoms with Crippen molar-refractivity contribution in [2.75, 3.05) is 26.2 Å². The van der Waals surface area contributed by atoms with Crippen molar-refractivity contribution < 1.29 is 19.1 Å². The van der Waals surface area contributed by atoms with E-state index >= 15 is 0 Å². The Bertz CT molecular complexity index is 926. The van der Waals surface area contributed by atoms with Gasteiger partial charge in [-0.15, -0.1) is 0 Å². The average molecular weight is 421 g/mol. The molecule has 4 rings (SSSR count). The van der Waals surface area contributed by atoms with Crippen LogP contribution in [0.25, 0.3) is 0 Å². The third kappa shape index (κ3) is 5.40. The second kappa shape index (κ2) is 9.90. The molecule has 0 aliphatic carbocycles. The van der Waals surface area contributed by atoms with Crippen LogP contribution in [0.3, 0.4) is 0 Å². The average Bonchev–Trinajstić information content (AvgIpc) is 3.23. The molecule has 0 unspecified atom stereocenters. The Morgan fingerprint density at radius 2 is 1.58 bits per heavy atom. The standard InChI is InChI=1S/C25H30N4O2/c1-19-17-23(27-31-19)18-28-13-15-29(16-14-28)20(2)25(30)26-24(21-9-5-3-6-10-21)22-11-7-4-8-12-22/h3-12,17,20,24H,13-16,18H2,1-2H3,(H,26,30)/p+2/t20-/m1/s1. The van der Waals surface area contributed by atoms with E-state index in [0.717, 1.165) is 55.3 Å². The molecule has 1 aliphatic rings. The Kier molecular flexibility index (Phi) is 6.79. The van der Waals surface area contributed by atoms with E-state index in [1.165, 1.54) is 9.80 Å². The number of aromatic nitrogens is 1. The van der Waals surface area contributed by atoms with E-state index in [-0.39, 0.29) is 18.0 Å². The number of carbonyl (C=O) groups excluding carboxylic acids is 1. The number of aryl methyl sites for hydroxylation is 1. The molecule has 3 aromatic rings. The van der Waals surface area contributed by atoms with Gasteiger partial charge in [0.1, 0.15) is 44.2 Å². The van der Waals surface area contributed by atoms with Gasteiger partial charge in [-0.05, 0) is 25.0 Å². The molecule has 1 atom stereocenters. The molecule has 1 aromatic heterocycles. The number of quaternary nitrogens is 2. The van der Waals surface area contributed by atoms with Gasteiger partial charge < -0.3 is 19.6 Å². The number of hydrogen-bond acceptors (Lipinski definition) is 3. The number of benzene rings is 2. The van der Waals surface area contributed by atoms with Crippen molar-refractivity contribution in [1.29, 1.82) is 0 Å². The molecule has 2 heterocycles. The third-order valence-electron chi connectivity index (χ3n) is 6.27. The second-order valence-corrected chi connectivity index (χ2v) is 8.50. The predicted molar refractivity (Wildman–Crippen MR) is 119 cm³/mol. The van der Waals surface area contributed by atoms with E-state index < -0.39 is 0 Å². The number of carbonyl (C=O) groups is 1. The lowest BCUT2D eigenvalue weighted by Gasteiger charge is -2.33.